The van der Waals surface area contributed by atoms with Crippen LogP contribution in [0.25, 0.3) is 0 Å². The van der Waals surface area contributed by atoms with Gasteiger partial charge in [-0.15, -0.1) is 10.1 Å². The molecule has 6 nitrogen and oxygen atoms in total. The van der Waals surface area contributed by atoms with Gasteiger partial charge in [0, 0.05) is 0 Å². The Bertz CT molecular complexity index is 159. The van der Waals surface area contributed by atoms with Gasteiger partial charge < -0.3 is 5.73 Å². The summed E-state index contributed by atoms with van der Waals surface area (Å²) in [4.78, 5) is 23.8. The predicted octanol–water partition coefficient (Wildman–Crippen LogP) is -0.151. The topological polar surface area (TPSA) is 95.5 Å². The minimum absolute atomic E-state index is 0.396. The van der Waals surface area contributed by atoms with E-state index in [1.165, 1.54) is 0 Å². The summed E-state index contributed by atoms with van der Waals surface area (Å²) in [5, 5.41) is 8.47. The Morgan fingerprint density at radius 2 is 2.36 bits per heavy atom. The molecule has 0 aliphatic carbocycles. The predicted molar refractivity (Wildman–Crippen MR) is 36.0 cm³/mol. The molecule has 0 aliphatic heterocycles. The average molecular weight is 162 g/mol. The van der Waals surface area contributed by atoms with Crippen molar-refractivity contribution in [1.29, 1.82) is 0 Å². The molecular weight excluding hydrogens is 152 g/mol. The van der Waals surface area contributed by atoms with E-state index in [1.54, 1.807) is 0 Å². The van der Waals surface area contributed by atoms with Crippen molar-refractivity contribution in [2.24, 2.45) is 5.73 Å². The van der Waals surface area contributed by atoms with Gasteiger partial charge in [-0.1, -0.05) is 13.3 Å². The molecule has 0 saturated carbocycles. The summed E-state index contributed by atoms with van der Waals surface area (Å²) in [5.41, 5.74) is 5.20. The van der Waals surface area contributed by atoms with E-state index in [-0.39, 0.29) is 0 Å². The van der Waals surface area contributed by atoms with Crippen molar-refractivity contribution in [2.75, 3.05) is 0 Å². The highest BCUT2D eigenvalue weighted by atomic mass is 17.0. The first-order valence-corrected chi connectivity index (χ1v) is 3.19. The van der Waals surface area contributed by atoms with Crippen LogP contribution in [0.2, 0.25) is 0 Å². The molecule has 0 spiro atoms. The Morgan fingerprint density at radius 3 is 2.73 bits per heavy atom. The first-order valence-electron chi connectivity index (χ1n) is 3.19. The Hall–Kier alpha value is -1.17. The maximum Gasteiger partial charge on any atom is 0.320 e. The van der Waals surface area contributed by atoms with E-state index < -0.39 is 17.1 Å². The quantitative estimate of drug-likeness (QED) is 0.458. The van der Waals surface area contributed by atoms with Crippen LogP contribution in [0.4, 0.5) is 0 Å². The zero-order valence-electron chi connectivity index (χ0n) is 6.15. The molecule has 0 aliphatic rings. The number of rotatable bonds is 4. The van der Waals surface area contributed by atoms with Crippen LogP contribution in [0.3, 0.4) is 0 Å². The number of hydrogen-bond donors (Lipinski definition) is 1. The molecule has 2 N–H and O–H groups in total. The van der Waals surface area contributed by atoms with Gasteiger partial charge in [0.1, 0.15) is 0 Å². The largest absolute Gasteiger partial charge is 0.320 e. The zero-order valence-corrected chi connectivity index (χ0v) is 6.15. The molecule has 0 radical (unpaired) electrons. The number of carbonyl (C=O) groups excluding carboxylic acids is 1. The van der Waals surface area contributed by atoms with E-state index in [0.29, 0.717) is 12.8 Å². The Balaban J connectivity index is 3.73. The minimum atomic E-state index is -1.15. The van der Waals surface area contributed by atoms with E-state index in [4.69, 9.17) is 5.73 Å². The summed E-state index contributed by atoms with van der Waals surface area (Å²) in [6.07, 6.45) is 1.08. The fourth-order valence-electron chi connectivity index (χ4n) is 0.570. The number of hydrogen-bond acceptors (Lipinski definition) is 5. The van der Waals surface area contributed by atoms with Gasteiger partial charge in [-0.2, -0.15) is 0 Å². The lowest BCUT2D eigenvalue weighted by Gasteiger charge is -2.04. The first-order chi connectivity index (χ1) is 5.07. The second kappa shape index (κ2) is 4.62. The third-order valence-electron chi connectivity index (χ3n) is 1.07. The zero-order chi connectivity index (χ0) is 8.85. The van der Waals surface area contributed by atoms with E-state index >= 15 is 0 Å². The van der Waals surface area contributed by atoms with Gasteiger partial charge in [0.15, 0.2) is 0 Å². The third kappa shape index (κ3) is 4.26. The van der Waals surface area contributed by atoms with Gasteiger partial charge in [-0.3, -0.25) is 4.79 Å². The van der Waals surface area contributed by atoms with Crippen LogP contribution in [-0.2, 0) is 9.63 Å². The molecule has 0 bridgehead atoms. The Morgan fingerprint density at radius 1 is 1.82 bits per heavy atom. The number of nitrogens with two attached hydrogens (primary N) is 1. The lowest BCUT2D eigenvalue weighted by molar-refractivity contribution is -0.729. The van der Waals surface area contributed by atoms with Crippen molar-refractivity contribution >= 4 is 5.97 Å². The smallest absolute Gasteiger partial charge is 0.320 e. The summed E-state index contributed by atoms with van der Waals surface area (Å²) in [6, 6.07) is -0.884. The minimum Gasteiger partial charge on any atom is -0.320 e. The van der Waals surface area contributed by atoms with Gasteiger partial charge in [-0.25, -0.2) is 4.84 Å². The van der Waals surface area contributed by atoms with Crippen molar-refractivity contribution in [2.45, 2.75) is 25.8 Å². The number of nitrogens with zero attached hydrogens (tertiary/aromatic N) is 1. The van der Waals surface area contributed by atoms with Crippen LogP contribution in [0.1, 0.15) is 19.8 Å². The highest BCUT2D eigenvalue weighted by molar-refractivity contribution is 5.74. The van der Waals surface area contributed by atoms with Crippen molar-refractivity contribution in [3.8, 4) is 0 Å². The molecule has 0 fully saturated rings. The van der Waals surface area contributed by atoms with Crippen molar-refractivity contribution in [3.63, 3.8) is 0 Å². The van der Waals surface area contributed by atoms with E-state index in [1.807, 2.05) is 6.92 Å². The van der Waals surface area contributed by atoms with E-state index in [0.717, 1.165) is 0 Å². The number of carbonyl (C=O) groups is 1. The molecule has 0 saturated heterocycles. The van der Waals surface area contributed by atoms with Crippen LogP contribution >= 0.6 is 0 Å². The fraction of sp³-hybridized carbons (Fsp3) is 0.800. The Kier molecular flexibility index (Phi) is 4.12. The maximum atomic E-state index is 10.6. The van der Waals surface area contributed by atoms with Crippen LogP contribution in [0.5, 0.6) is 0 Å². The second-order valence-electron chi connectivity index (χ2n) is 2.03. The van der Waals surface area contributed by atoms with Gasteiger partial charge in [0.25, 0.3) is 0 Å². The molecule has 6 heteroatoms. The standard InChI is InChI=1S/C5H10N2O4/c1-2-3-4(6)5(8)11-7(9)10/h4H,2-3,6H2,1H3/t4-/m0/s1. The van der Waals surface area contributed by atoms with Crippen LogP contribution in [0.15, 0.2) is 0 Å². The van der Waals surface area contributed by atoms with Crippen LogP contribution < -0.4 is 5.73 Å². The summed E-state index contributed by atoms with van der Waals surface area (Å²) < 4.78 is 0. The average Bonchev–Trinajstić information content (AvgIpc) is 1.86. The highest BCUT2D eigenvalue weighted by Gasteiger charge is 2.15. The molecule has 0 aromatic rings. The van der Waals surface area contributed by atoms with Crippen molar-refractivity contribution in [1.82, 2.24) is 0 Å². The Labute approximate surface area is 63.4 Å². The van der Waals surface area contributed by atoms with Crippen LogP contribution in [-0.4, -0.2) is 17.1 Å². The van der Waals surface area contributed by atoms with Crippen LogP contribution in [0, 0.1) is 10.1 Å². The lowest BCUT2D eigenvalue weighted by atomic mass is 10.2. The summed E-state index contributed by atoms with van der Waals surface area (Å²) in [5.74, 6) is -0.989. The second-order valence-corrected chi connectivity index (χ2v) is 2.03. The first kappa shape index (κ1) is 9.83. The molecule has 0 aromatic carbocycles. The normalized spacial score (nSPS) is 12.2. The molecule has 0 heterocycles. The lowest BCUT2D eigenvalue weighted by Crippen LogP contribution is -2.33. The van der Waals surface area contributed by atoms with Gasteiger partial charge in [0.05, 0.1) is 6.04 Å². The molecule has 1 atom stereocenters. The third-order valence-corrected chi connectivity index (χ3v) is 1.07. The van der Waals surface area contributed by atoms with Gasteiger partial charge in [0.2, 0.25) is 0 Å². The van der Waals surface area contributed by atoms with E-state index in [2.05, 4.69) is 4.84 Å². The molecule has 0 rings (SSSR count). The molecular formula is C5H10N2O4. The monoisotopic (exact) mass is 162 g/mol. The molecule has 0 aromatic heterocycles. The van der Waals surface area contributed by atoms with Crippen molar-refractivity contribution in [3.05, 3.63) is 10.1 Å². The van der Waals surface area contributed by atoms with Crippen molar-refractivity contribution < 1.29 is 14.7 Å². The highest BCUT2D eigenvalue weighted by Crippen LogP contribution is 1.95. The van der Waals surface area contributed by atoms with E-state index in [9.17, 15) is 14.9 Å². The SMILES string of the molecule is CCC[C@H](N)C(=O)O[N+](=O)[O-]. The molecule has 0 amide bonds. The fourth-order valence-corrected chi connectivity index (χ4v) is 0.570. The van der Waals surface area contributed by atoms with Gasteiger partial charge >= 0.3 is 11.1 Å². The summed E-state index contributed by atoms with van der Waals surface area (Å²) in [6.45, 7) is 1.82. The summed E-state index contributed by atoms with van der Waals surface area (Å²) >= 11 is 0. The molecule has 0 unspecified atom stereocenters. The molecule has 11 heavy (non-hydrogen) atoms. The summed E-state index contributed by atoms with van der Waals surface area (Å²) in [7, 11) is 0. The molecule has 64 valence electrons. The van der Waals surface area contributed by atoms with Gasteiger partial charge in [-0.05, 0) is 6.42 Å². The maximum absolute atomic E-state index is 10.6.